The summed E-state index contributed by atoms with van der Waals surface area (Å²) in [5.41, 5.74) is 2.17. The fourth-order valence-electron chi connectivity index (χ4n) is 1.23. The standard InChI is InChI=1S/C12H16N2O3/c1-9-2-4-10(5-3-9)8-14-12(17)13-7-6-11(15)16/h2-5H,6-8H2,1H3,(H,15,16)(H2,13,14,17). The van der Waals surface area contributed by atoms with E-state index in [1.54, 1.807) is 0 Å². The van der Waals surface area contributed by atoms with E-state index in [9.17, 15) is 9.59 Å². The molecule has 0 fully saturated rings. The summed E-state index contributed by atoms with van der Waals surface area (Å²) in [6, 6.07) is 7.46. The molecule has 0 aliphatic rings. The number of aliphatic carboxylic acids is 1. The number of carboxylic acid groups (broad SMARTS) is 1. The van der Waals surface area contributed by atoms with Crippen molar-refractivity contribution in [2.45, 2.75) is 19.9 Å². The van der Waals surface area contributed by atoms with Crippen LogP contribution in [0.25, 0.3) is 0 Å². The van der Waals surface area contributed by atoms with Crippen LogP contribution in [0, 0.1) is 6.92 Å². The van der Waals surface area contributed by atoms with Crippen LogP contribution in [-0.2, 0) is 11.3 Å². The second-order valence-electron chi connectivity index (χ2n) is 3.74. The van der Waals surface area contributed by atoms with Gasteiger partial charge in [0.2, 0.25) is 0 Å². The van der Waals surface area contributed by atoms with Gasteiger partial charge >= 0.3 is 12.0 Å². The lowest BCUT2D eigenvalue weighted by Gasteiger charge is -2.06. The van der Waals surface area contributed by atoms with Crippen LogP contribution in [-0.4, -0.2) is 23.7 Å². The highest BCUT2D eigenvalue weighted by molar-refractivity contribution is 5.74. The van der Waals surface area contributed by atoms with Gasteiger partial charge in [0, 0.05) is 13.1 Å². The van der Waals surface area contributed by atoms with Crippen molar-refractivity contribution in [2.24, 2.45) is 0 Å². The van der Waals surface area contributed by atoms with Gasteiger partial charge in [0.25, 0.3) is 0 Å². The molecule has 1 aromatic carbocycles. The first kappa shape index (κ1) is 13.0. The lowest BCUT2D eigenvalue weighted by atomic mass is 10.1. The molecule has 0 atom stereocenters. The van der Waals surface area contributed by atoms with Crippen molar-refractivity contribution >= 4 is 12.0 Å². The number of nitrogens with one attached hydrogen (secondary N) is 2. The zero-order chi connectivity index (χ0) is 12.7. The van der Waals surface area contributed by atoms with E-state index in [-0.39, 0.29) is 19.0 Å². The Kier molecular flexibility index (Phi) is 5.00. The van der Waals surface area contributed by atoms with E-state index >= 15 is 0 Å². The summed E-state index contributed by atoms with van der Waals surface area (Å²) in [7, 11) is 0. The fourth-order valence-corrected chi connectivity index (χ4v) is 1.23. The van der Waals surface area contributed by atoms with Crippen molar-refractivity contribution in [1.82, 2.24) is 10.6 Å². The lowest BCUT2D eigenvalue weighted by molar-refractivity contribution is -0.136. The Morgan fingerprint density at radius 3 is 2.41 bits per heavy atom. The van der Waals surface area contributed by atoms with Gasteiger partial charge in [0.15, 0.2) is 0 Å². The summed E-state index contributed by atoms with van der Waals surface area (Å²) in [4.78, 5) is 21.5. The minimum absolute atomic E-state index is 0.0715. The second-order valence-corrected chi connectivity index (χ2v) is 3.74. The topological polar surface area (TPSA) is 78.4 Å². The maximum atomic E-state index is 11.2. The number of amides is 2. The molecule has 17 heavy (non-hydrogen) atoms. The van der Waals surface area contributed by atoms with E-state index in [2.05, 4.69) is 10.6 Å². The smallest absolute Gasteiger partial charge is 0.315 e. The minimum Gasteiger partial charge on any atom is -0.481 e. The van der Waals surface area contributed by atoms with Crippen molar-refractivity contribution in [2.75, 3.05) is 6.54 Å². The average molecular weight is 236 g/mol. The van der Waals surface area contributed by atoms with Crippen LogP contribution in [0.15, 0.2) is 24.3 Å². The SMILES string of the molecule is Cc1ccc(CNC(=O)NCCC(=O)O)cc1. The molecule has 1 aromatic rings. The molecule has 0 aliphatic carbocycles. The van der Waals surface area contributed by atoms with Gasteiger partial charge in [0.1, 0.15) is 0 Å². The molecule has 1 rings (SSSR count). The molecule has 0 heterocycles. The Balaban J connectivity index is 2.23. The average Bonchev–Trinajstić information content (AvgIpc) is 2.28. The van der Waals surface area contributed by atoms with Crippen LogP contribution in [0.3, 0.4) is 0 Å². The third-order valence-electron chi connectivity index (χ3n) is 2.20. The molecular formula is C12H16N2O3. The van der Waals surface area contributed by atoms with Crippen molar-refractivity contribution in [3.05, 3.63) is 35.4 Å². The molecule has 5 heteroatoms. The number of carboxylic acids is 1. The van der Waals surface area contributed by atoms with Gasteiger partial charge in [-0.1, -0.05) is 29.8 Å². The third kappa shape index (κ3) is 5.55. The Hall–Kier alpha value is -2.04. The Bertz CT molecular complexity index is 387. The maximum absolute atomic E-state index is 11.2. The number of benzene rings is 1. The number of urea groups is 1. The quantitative estimate of drug-likeness (QED) is 0.720. The Morgan fingerprint density at radius 1 is 1.18 bits per heavy atom. The zero-order valence-electron chi connectivity index (χ0n) is 9.69. The molecular weight excluding hydrogens is 220 g/mol. The van der Waals surface area contributed by atoms with Gasteiger partial charge in [-0.3, -0.25) is 4.79 Å². The molecule has 0 unspecified atom stereocenters. The number of carbonyl (C=O) groups excluding carboxylic acids is 1. The summed E-state index contributed by atoms with van der Waals surface area (Å²) >= 11 is 0. The highest BCUT2D eigenvalue weighted by Gasteiger charge is 2.01. The zero-order valence-corrected chi connectivity index (χ0v) is 9.69. The summed E-state index contributed by atoms with van der Waals surface area (Å²) in [6.45, 7) is 2.56. The first-order chi connectivity index (χ1) is 8.08. The number of rotatable bonds is 5. The predicted octanol–water partition coefficient (Wildman–Crippen LogP) is 1.27. The fraction of sp³-hybridized carbons (Fsp3) is 0.333. The minimum atomic E-state index is -0.927. The van der Waals surface area contributed by atoms with E-state index in [1.165, 1.54) is 5.56 Å². The van der Waals surface area contributed by atoms with Gasteiger partial charge in [-0.15, -0.1) is 0 Å². The van der Waals surface area contributed by atoms with E-state index < -0.39 is 5.97 Å². The molecule has 0 saturated heterocycles. The normalized spacial score (nSPS) is 9.71. The number of aryl methyl sites for hydroxylation is 1. The maximum Gasteiger partial charge on any atom is 0.315 e. The van der Waals surface area contributed by atoms with Gasteiger partial charge < -0.3 is 15.7 Å². The highest BCUT2D eigenvalue weighted by Crippen LogP contribution is 2.02. The van der Waals surface area contributed by atoms with E-state index in [0.29, 0.717) is 6.54 Å². The third-order valence-corrected chi connectivity index (χ3v) is 2.20. The van der Waals surface area contributed by atoms with Crippen LogP contribution in [0.1, 0.15) is 17.5 Å². The monoisotopic (exact) mass is 236 g/mol. The molecule has 0 spiro atoms. The van der Waals surface area contributed by atoms with Crippen molar-refractivity contribution in [3.63, 3.8) is 0 Å². The number of hydrogen-bond donors (Lipinski definition) is 3. The molecule has 0 radical (unpaired) electrons. The van der Waals surface area contributed by atoms with Gasteiger partial charge in [0.05, 0.1) is 6.42 Å². The Labute approximate surface area is 99.8 Å². The summed E-state index contributed by atoms with van der Waals surface area (Å²) in [5.74, 6) is -0.927. The molecule has 92 valence electrons. The molecule has 0 saturated carbocycles. The van der Waals surface area contributed by atoms with Gasteiger partial charge in [-0.25, -0.2) is 4.79 Å². The summed E-state index contributed by atoms with van der Waals surface area (Å²) in [6.07, 6.45) is -0.0715. The molecule has 0 aromatic heterocycles. The second kappa shape index (κ2) is 6.52. The summed E-state index contributed by atoms with van der Waals surface area (Å²) < 4.78 is 0. The van der Waals surface area contributed by atoms with Crippen LogP contribution in [0.4, 0.5) is 4.79 Å². The number of hydrogen-bond acceptors (Lipinski definition) is 2. The predicted molar refractivity (Wildman–Crippen MR) is 63.7 cm³/mol. The first-order valence-corrected chi connectivity index (χ1v) is 5.37. The molecule has 3 N–H and O–H groups in total. The summed E-state index contributed by atoms with van der Waals surface area (Å²) in [5, 5.41) is 13.5. The highest BCUT2D eigenvalue weighted by atomic mass is 16.4. The van der Waals surface area contributed by atoms with Crippen molar-refractivity contribution in [3.8, 4) is 0 Å². The molecule has 5 nitrogen and oxygen atoms in total. The van der Waals surface area contributed by atoms with Crippen LogP contribution < -0.4 is 10.6 Å². The van der Waals surface area contributed by atoms with Crippen LogP contribution in [0.2, 0.25) is 0 Å². The molecule has 0 bridgehead atoms. The molecule has 0 aliphatic heterocycles. The molecule has 2 amide bonds. The van der Waals surface area contributed by atoms with Gasteiger partial charge in [-0.05, 0) is 12.5 Å². The Morgan fingerprint density at radius 2 is 1.82 bits per heavy atom. The number of carbonyl (C=O) groups is 2. The van der Waals surface area contributed by atoms with Crippen molar-refractivity contribution in [1.29, 1.82) is 0 Å². The van der Waals surface area contributed by atoms with Crippen molar-refractivity contribution < 1.29 is 14.7 Å². The largest absolute Gasteiger partial charge is 0.481 e. The van der Waals surface area contributed by atoms with Gasteiger partial charge in [-0.2, -0.15) is 0 Å². The van der Waals surface area contributed by atoms with E-state index in [4.69, 9.17) is 5.11 Å². The van der Waals surface area contributed by atoms with Crippen LogP contribution >= 0.6 is 0 Å². The van der Waals surface area contributed by atoms with E-state index in [0.717, 1.165) is 5.56 Å². The van der Waals surface area contributed by atoms with E-state index in [1.807, 2.05) is 31.2 Å². The van der Waals surface area contributed by atoms with Crippen LogP contribution in [0.5, 0.6) is 0 Å². The first-order valence-electron chi connectivity index (χ1n) is 5.37. The lowest BCUT2D eigenvalue weighted by Crippen LogP contribution is -2.36.